The van der Waals surface area contributed by atoms with E-state index in [9.17, 15) is 0 Å². The van der Waals surface area contributed by atoms with Crippen LogP contribution >= 0.6 is 0 Å². The molecule has 15 heavy (non-hydrogen) atoms. The summed E-state index contributed by atoms with van der Waals surface area (Å²) >= 11 is 0. The van der Waals surface area contributed by atoms with Crippen molar-refractivity contribution < 1.29 is 0 Å². The first kappa shape index (κ1) is 12.6. The van der Waals surface area contributed by atoms with Crippen molar-refractivity contribution in [3.8, 4) is 0 Å². The van der Waals surface area contributed by atoms with Crippen molar-refractivity contribution >= 4 is 6.21 Å². The van der Waals surface area contributed by atoms with Crippen molar-refractivity contribution in [1.82, 2.24) is 15.5 Å². The molecule has 4 N–H and O–H groups in total. The molecule has 1 aliphatic heterocycles. The Hall–Kier alpha value is -0.490. The molecule has 0 aromatic carbocycles. The van der Waals surface area contributed by atoms with Crippen LogP contribution in [-0.2, 0) is 0 Å². The molecule has 1 aliphatic rings. The highest BCUT2D eigenvalue weighted by atomic mass is 15.2. The second kappa shape index (κ2) is 8.79. The number of nitrogens with two attached hydrogens (primary N) is 1. The largest absolute Gasteiger partial charge is 0.329 e. The Bertz CT molecular complexity index is 171. The molecule has 5 nitrogen and oxygen atoms in total. The Morgan fingerprint density at radius 3 is 2.93 bits per heavy atom. The third-order valence-corrected chi connectivity index (χ3v) is 2.44. The fourth-order valence-electron chi connectivity index (χ4n) is 1.58. The molecule has 0 atom stereocenters. The van der Waals surface area contributed by atoms with Crippen LogP contribution < -0.4 is 16.4 Å². The second-order valence-electron chi connectivity index (χ2n) is 3.67. The molecule has 0 spiro atoms. The van der Waals surface area contributed by atoms with Crippen LogP contribution in [0.1, 0.15) is 0 Å². The molecule has 0 unspecified atom stereocenters. The SMILES string of the molecule is NCCN1CCN=CCNCCNCC1. The van der Waals surface area contributed by atoms with Crippen molar-refractivity contribution in [3.63, 3.8) is 0 Å². The summed E-state index contributed by atoms with van der Waals surface area (Å²) in [4.78, 5) is 6.71. The molecular formula is C10H23N5. The van der Waals surface area contributed by atoms with Crippen LogP contribution in [0.4, 0.5) is 0 Å². The topological polar surface area (TPSA) is 65.7 Å². The Labute approximate surface area is 92.1 Å². The van der Waals surface area contributed by atoms with Gasteiger partial charge in [-0.2, -0.15) is 0 Å². The second-order valence-corrected chi connectivity index (χ2v) is 3.67. The quantitative estimate of drug-likeness (QED) is 0.523. The standard InChI is InChI=1S/C10H23N5/c11-1-8-15-9-6-13-4-2-12-3-5-14-7-10-15/h4,12,14H,1-3,5-11H2. The van der Waals surface area contributed by atoms with Crippen LogP contribution in [-0.4, -0.2) is 70.0 Å². The van der Waals surface area contributed by atoms with E-state index >= 15 is 0 Å². The lowest BCUT2D eigenvalue weighted by atomic mass is 10.4. The molecule has 0 radical (unpaired) electrons. The van der Waals surface area contributed by atoms with Gasteiger partial charge < -0.3 is 16.4 Å². The first-order valence-corrected chi connectivity index (χ1v) is 5.75. The zero-order valence-corrected chi connectivity index (χ0v) is 9.41. The van der Waals surface area contributed by atoms with Crippen LogP contribution in [0.25, 0.3) is 0 Å². The summed E-state index contributed by atoms with van der Waals surface area (Å²) in [6.45, 7) is 8.57. The molecule has 88 valence electrons. The molecule has 0 amide bonds. The van der Waals surface area contributed by atoms with Crippen LogP contribution in [0.15, 0.2) is 4.99 Å². The highest BCUT2D eigenvalue weighted by Crippen LogP contribution is 1.86. The summed E-state index contributed by atoms with van der Waals surface area (Å²) in [5, 5.41) is 6.70. The van der Waals surface area contributed by atoms with Gasteiger partial charge in [0.05, 0.1) is 6.54 Å². The highest BCUT2D eigenvalue weighted by Gasteiger charge is 2.02. The van der Waals surface area contributed by atoms with Gasteiger partial charge >= 0.3 is 0 Å². The first-order valence-electron chi connectivity index (χ1n) is 5.75. The van der Waals surface area contributed by atoms with Crippen LogP contribution in [0.2, 0.25) is 0 Å². The van der Waals surface area contributed by atoms with Crippen molar-refractivity contribution in [2.24, 2.45) is 10.7 Å². The van der Waals surface area contributed by atoms with Gasteiger partial charge in [-0.1, -0.05) is 0 Å². The first-order chi connectivity index (χ1) is 7.43. The van der Waals surface area contributed by atoms with E-state index in [2.05, 4.69) is 20.5 Å². The van der Waals surface area contributed by atoms with E-state index < -0.39 is 0 Å². The molecule has 0 aromatic rings. The highest BCUT2D eigenvalue weighted by molar-refractivity contribution is 5.59. The van der Waals surface area contributed by atoms with Gasteiger partial charge in [0.15, 0.2) is 0 Å². The van der Waals surface area contributed by atoms with Gasteiger partial charge in [0, 0.05) is 58.6 Å². The zero-order valence-electron chi connectivity index (χ0n) is 9.41. The van der Waals surface area contributed by atoms with Crippen molar-refractivity contribution in [3.05, 3.63) is 0 Å². The molecule has 0 aliphatic carbocycles. The Morgan fingerprint density at radius 1 is 1.20 bits per heavy atom. The monoisotopic (exact) mass is 213 g/mol. The molecule has 1 rings (SSSR count). The number of hydrogen-bond acceptors (Lipinski definition) is 5. The number of nitrogens with one attached hydrogen (secondary N) is 2. The molecule has 1 heterocycles. The summed E-state index contributed by atoms with van der Waals surface area (Å²) in [6, 6.07) is 0. The Kier molecular flexibility index (Phi) is 7.37. The summed E-state index contributed by atoms with van der Waals surface area (Å²) < 4.78 is 0. The average Bonchev–Trinajstić information content (AvgIpc) is 2.22. The molecular weight excluding hydrogens is 190 g/mol. The van der Waals surface area contributed by atoms with Crippen LogP contribution in [0, 0.1) is 0 Å². The molecule has 5 heteroatoms. The molecule has 0 aromatic heterocycles. The average molecular weight is 213 g/mol. The lowest BCUT2D eigenvalue weighted by Crippen LogP contribution is -2.39. The van der Waals surface area contributed by atoms with Gasteiger partial charge in [0.1, 0.15) is 0 Å². The van der Waals surface area contributed by atoms with Gasteiger partial charge in [-0.25, -0.2) is 0 Å². The maximum absolute atomic E-state index is 5.56. The fourth-order valence-corrected chi connectivity index (χ4v) is 1.58. The summed E-state index contributed by atoms with van der Waals surface area (Å²) in [5.74, 6) is 0. The smallest absolute Gasteiger partial charge is 0.0513 e. The zero-order chi connectivity index (χ0) is 10.8. The van der Waals surface area contributed by atoms with Crippen molar-refractivity contribution in [2.75, 3.05) is 58.9 Å². The molecule has 0 fully saturated rings. The predicted octanol–water partition coefficient (Wildman–Crippen LogP) is -1.49. The van der Waals surface area contributed by atoms with Crippen LogP contribution in [0.3, 0.4) is 0 Å². The third-order valence-electron chi connectivity index (χ3n) is 2.44. The van der Waals surface area contributed by atoms with E-state index in [0.29, 0.717) is 0 Å². The molecule has 0 saturated carbocycles. The maximum atomic E-state index is 5.56. The normalized spacial score (nSPS) is 21.9. The van der Waals surface area contributed by atoms with E-state index in [4.69, 9.17) is 5.73 Å². The predicted molar refractivity (Wildman–Crippen MR) is 64.6 cm³/mol. The number of aliphatic imine (C=N–C) groups is 1. The van der Waals surface area contributed by atoms with E-state index in [-0.39, 0.29) is 0 Å². The minimum atomic E-state index is 0.727. The van der Waals surface area contributed by atoms with Gasteiger partial charge in [0.2, 0.25) is 0 Å². The summed E-state index contributed by atoms with van der Waals surface area (Å²) in [6.07, 6.45) is 1.96. The fraction of sp³-hybridized carbons (Fsp3) is 0.900. The molecule has 0 bridgehead atoms. The Balaban J connectivity index is 2.28. The van der Waals surface area contributed by atoms with Gasteiger partial charge in [-0.3, -0.25) is 9.89 Å². The van der Waals surface area contributed by atoms with E-state index in [0.717, 1.165) is 58.9 Å². The van der Waals surface area contributed by atoms with E-state index in [1.54, 1.807) is 0 Å². The number of hydrogen-bond donors (Lipinski definition) is 3. The lowest BCUT2D eigenvalue weighted by Gasteiger charge is -2.21. The van der Waals surface area contributed by atoms with Crippen molar-refractivity contribution in [2.45, 2.75) is 0 Å². The van der Waals surface area contributed by atoms with Crippen molar-refractivity contribution in [1.29, 1.82) is 0 Å². The van der Waals surface area contributed by atoms with Gasteiger partial charge in [-0.05, 0) is 0 Å². The summed E-state index contributed by atoms with van der Waals surface area (Å²) in [5.41, 5.74) is 5.56. The van der Waals surface area contributed by atoms with Crippen LogP contribution in [0.5, 0.6) is 0 Å². The van der Waals surface area contributed by atoms with E-state index in [1.165, 1.54) is 0 Å². The minimum absolute atomic E-state index is 0.727. The third kappa shape index (κ3) is 6.57. The Morgan fingerprint density at radius 2 is 2.07 bits per heavy atom. The summed E-state index contributed by atoms with van der Waals surface area (Å²) in [7, 11) is 0. The van der Waals surface area contributed by atoms with Gasteiger partial charge in [-0.15, -0.1) is 0 Å². The number of nitrogens with zero attached hydrogens (tertiary/aromatic N) is 2. The maximum Gasteiger partial charge on any atom is 0.0513 e. The number of rotatable bonds is 2. The molecule has 0 saturated heterocycles. The minimum Gasteiger partial charge on any atom is -0.329 e. The van der Waals surface area contributed by atoms with Gasteiger partial charge in [0.25, 0.3) is 0 Å². The van der Waals surface area contributed by atoms with E-state index in [1.807, 2.05) is 6.21 Å². The lowest BCUT2D eigenvalue weighted by molar-refractivity contribution is 0.288.